The first-order chi connectivity index (χ1) is 8.99. The standard InChI is InChI=1S/C16H17NO2/c1-10(2)11-3-5-12(6-4-11)14-8-7-13(17)9-15(14)16(18)19/h3-10H,17H2,1-2H3,(H,18,19). The molecule has 0 fully saturated rings. The lowest BCUT2D eigenvalue weighted by atomic mass is 9.96. The minimum atomic E-state index is -0.963. The molecule has 0 saturated carbocycles. The van der Waals surface area contributed by atoms with Crippen LogP contribution in [0, 0.1) is 0 Å². The highest BCUT2D eigenvalue weighted by Crippen LogP contribution is 2.27. The lowest BCUT2D eigenvalue weighted by Crippen LogP contribution is -2.01. The smallest absolute Gasteiger partial charge is 0.336 e. The highest BCUT2D eigenvalue weighted by molar-refractivity contribution is 5.97. The molecule has 0 aliphatic heterocycles. The number of aromatic carboxylic acids is 1. The summed E-state index contributed by atoms with van der Waals surface area (Å²) in [6.07, 6.45) is 0. The number of hydrogen-bond donors (Lipinski definition) is 2. The van der Waals surface area contributed by atoms with Crippen molar-refractivity contribution in [1.29, 1.82) is 0 Å². The topological polar surface area (TPSA) is 63.3 Å². The van der Waals surface area contributed by atoms with Gasteiger partial charge in [0.25, 0.3) is 0 Å². The van der Waals surface area contributed by atoms with Crippen molar-refractivity contribution < 1.29 is 9.90 Å². The zero-order valence-corrected chi connectivity index (χ0v) is 11.1. The van der Waals surface area contributed by atoms with Crippen LogP contribution in [0.15, 0.2) is 42.5 Å². The normalized spacial score (nSPS) is 10.7. The summed E-state index contributed by atoms with van der Waals surface area (Å²) in [5.74, 6) is -0.505. The van der Waals surface area contributed by atoms with Crippen LogP contribution in [-0.2, 0) is 0 Å². The van der Waals surface area contributed by atoms with Gasteiger partial charge in [0.1, 0.15) is 0 Å². The van der Waals surface area contributed by atoms with Crippen LogP contribution in [0.3, 0.4) is 0 Å². The van der Waals surface area contributed by atoms with Crippen LogP contribution in [0.2, 0.25) is 0 Å². The molecule has 0 bridgehead atoms. The van der Waals surface area contributed by atoms with Gasteiger partial charge in [-0.05, 0) is 34.7 Å². The van der Waals surface area contributed by atoms with Crippen LogP contribution < -0.4 is 5.73 Å². The third-order valence-electron chi connectivity index (χ3n) is 3.16. The molecule has 0 saturated heterocycles. The fraction of sp³-hybridized carbons (Fsp3) is 0.188. The van der Waals surface area contributed by atoms with Crippen molar-refractivity contribution in [3.8, 4) is 11.1 Å². The number of nitrogen functional groups attached to an aromatic ring is 1. The Balaban J connectivity index is 2.49. The van der Waals surface area contributed by atoms with Gasteiger partial charge < -0.3 is 10.8 Å². The van der Waals surface area contributed by atoms with E-state index in [4.69, 9.17) is 5.73 Å². The number of carbonyl (C=O) groups is 1. The minimum Gasteiger partial charge on any atom is -0.478 e. The fourth-order valence-electron chi connectivity index (χ4n) is 2.04. The molecule has 2 aromatic rings. The summed E-state index contributed by atoms with van der Waals surface area (Å²) in [5, 5.41) is 9.24. The summed E-state index contributed by atoms with van der Waals surface area (Å²) < 4.78 is 0. The predicted molar refractivity (Wildman–Crippen MR) is 77.3 cm³/mol. The zero-order valence-electron chi connectivity index (χ0n) is 11.1. The number of carboxylic acid groups (broad SMARTS) is 1. The van der Waals surface area contributed by atoms with Gasteiger partial charge in [0, 0.05) is 5.69 Å². The van der Waals surface area contributed by atoms with Gasteiger partial charge in [0.15, 0.2) is 0 Å². The van der Waals surface area contributed by atoms with E-state index in [-0.39, 0.29) is 5.56 Å². The Hall–Kier alpha value is -2.29. The summed E-state index contributed by atoms with van der Waals surface area (Å²) in [4.78, 5) is 11.3. The molecule has 19 heavy (non-hydrogen) atoms. The van der Waals surface area contributed by atoms with E-state index in [9.17, 15) is 9.90 Å². The molecule has 0 amide bonds. The lowest BCUT2D eigenvalue weighted by Gasteiger charge is -2.10. The Morgan fingerprint density at radius 1 is 1.11 bits per heavy atom. The molecule has 2 rings (SSSR count). The van der Waals surface area contributed by atoms with Crippen LogP contribution in [0.1, 0.15) is 35.7 Å². The summed E-state index contributed by atoms with van der Waals surface area (Å²) in [6, 6.07) is 12.9. The molecule has 98 valence electrons. The SMILES string of the molecule is CC(C)c1ccc(-c2ccc(N)cc2C(=O)O)cc1. The first kappa shape index (κ1) is 13.1. The van der Waals surface area contributed by atoms with Crippen molar-refractivity contribution in [2.24, 2.45) is 0 Å². The molecule has 0 unspecified atom stereocenters. The molecule has 2 aromatic carbocycles. The van der Waals surface area contributed by atoms with E-state index in [0.717, 1.165) is 5.56 Å². The second kappa shape index (κ2) is 5.14. The third kappa shape index (κ3) is 2.76. The van der Waals surface area contributed by atoms with Crippen molar-refractivity contribution in [1.82, 2.24) is 0 Å². The number of carboxylic acids is 1. The van der Waals surface area contributed by atoms with Gasteiger partial charge in [-0.3, -0.25) is 0 Å². The zero-order chi connectivity index (χ0) is 14.0. The first-order valence-electron chi connectivity index (χ1n) is 6.22. The van der Waals surface area contributed by atoms with Crippen molar-refractivity contribution in [2.45, 2.75) is 19.8 Å². The largest absolute Gasteiger partial charge is 0.478 e. The first-order valence-corrected chi connectivity index (χ1v) is 6.22. The number of anilines is 1. The average molecular weight is 255 g/mol. The minimum absolute atomic E-state index is 0.234. The van der Waals surface area contributed by atoms with Crippen LogP contribution in [0.25, 0.3) is 11.1 Å². The number of hydrogen-bond acceptors (Lipinski definition) is 2. The molecule has 3 N–H and O–H groups in total. The van der Waals surface area contributed by atoms with E-state index in [1.165, 1.54) is 11.6 Å². The molecular formula is C16H17NO2. The molecule has 0 aliphatic rings. The molecule has 3 heteroatoms. The molecule has 3 nitrogen and oxygen atoms in total. The molecule has 0 aliphatic carbocycles. The number of rotatable bonds is 3. The maximum Gasteiger partial charge on any atom is 0.336 e. The number of benzene rings is 2. The van der Waals surface area contributed by atoms with Crippen molar-refractivity contribution in [2.75, 3.05) is 5.73 Å². The predicted octanol–water partition coefficient (Wildman–Crippen LogP) is 3.76. The van der Waals surface area contributed by atoms with Gasteiger partial charge in [0.2, 0.25) is 0 Å². The molecule has 0 aromatic heterocycles. The second-order valence-corrected chi connectivity index (χ2v) is 4.89. The Morgan fingerprint density at radius 3 is 2.26 bits per heavy atom. The van der Waals surface area contributed by atoms with Gasteiger partial charge in [-0.2, -0.15) is 0 Å². The molecule has 0 spiro atoms. The van der Waals surface area contributed by atoms with E-state index >= 15 is 0 Å². The maximum absolute atomic E-state index is 11.3. The molecular weight excluding hydrogens is 238 g/mol. The number of nitrogens with two attached hydrogens (primary N) is 1. The summed E-state index contributed by atoms with van der Waals surface area (Å²) in [7, 11) is 0. The van der Waals surface area contributed by atoms with Gasteiger partial charge in [-0.25, -0.2) is 4.79 Å². The van der Waals surface area contributed by atoms with E-state index in [1.54, 1.807) is 12.1 Å². The maximum atomic E-state index is 11.3. The molecule has 0 radical (unpaired) electrons. The van der Waals surface area contributed by atoms with E-state index in [0.29, 0.717) is 17.2 Å². The molecule has 0 atom stereocenters. The van der Waals surface area contributed by atoms with Crippen LogP contribution in [0.5, 0.6) is 0 Å². The quantitative estimate of drug-likeness (QED) is 0.821. The van der Waals surface area contributed by atoms with Crippen LogP contribution in [0.4, 0.5) is 5.69 Å². The fourth-order valence-corrected chi connectivity index (χ4v) is 2.04. The Labute approximate surface area is 112 Å². The van der Waals surface area contributed by atoms with Crippen molar-refractivity contribution in [3.63, 3.8) is 0 Å². The van der Waals surface area contributed by atoms with Crippen molar-refractivity contribution in [3.05, 3.63) is 53.6 Å². The highest BCUT2D eigenvalue weighted by atomic mass is 16.4. The monoisotopic (exact) mass is 255 g/mol. The van der Waals surface area contributed by atoms with E-state index in [1.807, 2.05) is 24.3 Å². The van der Waals surface area contributed by atoms with Gasteiger partial charge in [-0.1, -0.05) is 44.2 Å². The van der Waals surface area contributed by atoms with Crippen molar-refractivity contribution >= 4 is 11.7 Å². The Morgan fingerprint density at radius 2 is 1.74 bits per heavy atom. The average Bonchev–Trinajstić information content (AvgIpc) is 2.38. The van der Waals surface area contributed by atoms with Gasteiger partial charge >= 0.3 is 5.97 Å². The second-order valence-electron chi connectivity index (χ2n) is 4.89. The highest BCUT2D eigenvalue weighted by Gasteiger charge is 2.12. The summed E-state index contributed by atoms with van der Waals surface area (Å²) in [6.45, 7) is 4.25. The summed E-state index contributed by atoms with van der Waals surface area (Å²) >= 11 is 0. The Bertz CT molecular complexity index is 601. The van der Waals surface area contributed by atoms with Crippen LogP contribution in [-0.4, -0.2) is 11.1 Å². The molecule has 0 heterocycles. The van der Waals surface area contributed by atoms with E-state index in [2.05, 4.69) is 13.8 Å². The van der Waals surface area contributed by atoms with Gasteiger partial charge in [-0.15, -0.1) is 0 Å². The van der Waals surface area contributed by atoms with Gasteiger partial charge in [0.05, 0.1) is 5.56 Å². The lowest BCUT2D eigenvalue weighted by molar-refractivity contribution is 0.0698. The van der Waals surface area contributed by atoms with E-state index < -0.39 is 5.97 Å². The third-order valence-corrected chi connectivity index (χ3v) is 3.16. The summed E-state index contributed by atoms with van der Waals surface area (Å²) in [5.41, 5.74) is 9.15. The van der Waals surface area contributed by atoms with Crippen LogP contribution >= 0.6 is 0 Å². The Kier molecular flexibility index (Phi) is 3.56.